The minimum atomic E-state index is 0.133. The first-order chi connectivity index (χ1) is 8.26. The Hall–Kier alpha value is -1.20. The molecule has 3 heteroatoms. The van der Waals surface area contributed by atoms with Crippen molar-refractivity contribution < 1.29 is 4.74 Å². The van der Waals surface area contributed by atoms with Gasteiger partial charge in [-0.15, -0.1) is 0 Å². The minimum Gasteiger partial charge on any atom is -0.495 e. The molecule has 2 rings (SSSR count). The van der Waals surface area contributed by atoms with Crippen LogP contribution in [0.2, 0.25) is 5.02 Å². The van der Waals surface area contributed by atoms with Crippen LogP contribution in [0.15, 0.2) is 18.2 Å². The van der Waals surface area contributed by atoms with Gasteiger partial charge in [0.05, 0.1) is 24.1 Å². The quantitative estimate of drug-likeness (QED) is 0.789. The molecular formula is C14H16ClNO. The van der Waals surface area contributed by atoms with Gasteiger partial charge in [-0.25, -0.2) is 0 Å². The summed E-state index contributed by atoms with van der Waals surface area (Å²) in [6.07, 6.45) is 4.46. The Kier molecular flexibility index (Phi) is 3.91. The monoisotopic (exact) mass is 249 g/mol. The standard InChI is InChI=1S/C14H16ClNO/c1-17-14-7-6-10(8-13(14)15)12-5-3-2-4-11(12)9-16/h6-8,11-12H,2-5H2,1H3. The van der Waals surface area contributed by atoms with Gasteiger partial charge in [0.1, 0.15) is 5.75 Å². The predicted molar refractivity (Wildman–Crippen MR) is 68.3 cm³/mol. The maximum atomic E-state index is 9.19. The average Bonchev–Trinajstić information content (AvgIpc) is 2.38. The van der Waals surface area contributed by atoms with Crippen LogP contribution in [0.3, 0.4) is 0 Å². The van der Waals surface area contributed by atoms with Gasteiger partial charge in [-0.3, -0.25) is 0 Å². The first-order valence-electron chi connectivity index (χ1n) is 5.99. The maximum Gasteiger partial charge on any atom is 0.137 e. The summed E-state index contributed by atoms with van der Waals surface area (Å²) in [6.45, 7) is 0. The van der Waals surface area contributed by atoms with Gasteiger partial charge in [-0.2, -0.15) is 5.26 Å². The molecule has 0 bridgehead atoms. The highest BCUT2D eigenvalue weighted by molar-refractivity contribution is 6.32. The summed E-state index contributed by atoms with van der Waals surface area (Å²) in [6, 6.07) is 8.29. The van der Waals surface area contributed by atoms with E-state index >= 15 is 0 Å². The van der Waals surface area contributed by atoms with E-state index in [0.29, 0.717) is 16.7 Å². The van der Waals surface area contributed by atoms with Crippen molar-refractivity contribution in [3.8, 4) is 11.8 Å². The third kappa shape index (κ3) is 2.56. The molecule has 0 heterocycles. The SMILES string of the molecule is COc1ccc(C2CCCCC2C#N)cc1Cl. The van der Waals surface area contributed by atoms with Crippen LogP contribution in [-0.4, -0.2) is 7.11 Å². The molecular weight excluding hydrogens is 234 g/mol. The Balaban J connectivity index is 2.27. The molecule has 1 aromatic rings. The van der Waals surface area contributed by atoms with E-state index in [1.54, 1.807) is 7.11 Å². The van der Waals surface area contributed by atoms with E-state index in [1.165, 1.54) is 18.4 Å². The molecule has 1 fully saturated rings. The molecule has 1 saturated carbocycles. The summed E-state index contributed by atoms with van der Waals surface area (Å²) >= 11 is 6.13. The van der Waals surface area contributed by atoms with Gasteiger partial charge in [-0.1, -0.05) is 30.5 Å². The fourth-order valence-corrected chi connectivity index (χ4v) is 2.86. The molecule has 1 aromatic carbocycles. The molecule has 2 nitrogen and oxygen atoms in total. The van der Waals surface area contributed by atoms with Crippen molar-refractivity contribution in [2.24, 2.45) is 5.92 Å². The van der Waals surface area contributed by atoms with Crippen LogP contribution in [0.4, 0.5) is 0 Å². The second kappa shape index (κ2) is 5.42. The molecule has 2 atom stereocenters. The molecule has 0 radical (unpaired) electrons. The number of benzene rings is 1. The third-order valence-electron chi connectivity index (χ3n) is 3.54. The molecule has 0 amide bonds. The lowest BCUT2D eigenvalue weighted by Crippen LogP contribution is -2.16. The molecule has 2 unspecified atom stereocenters. The van der Waals surface area contributed by atoms with Crippen molar-refractivity contribution in [1.82, 2.24) is 0 Å². The van der Waals surface area contributed by atoms with E-state index in [2.05, 4.69) is 6.07 Å². The minimum absolute atomic E-state index is 0.133. The lowest BCUT2D eigenvalue weighted by Gasteiger charge is -2.27. The lowest BCUT2D eigenvalue weighted by atomic mass is 9.76. The van der Waals surface area contributed by atoms with Gasteiger partial charge in [0, 0.05) is 0 Å². The number of hydrogen-bond acceptors (Lipinski definition) is 2. The number of rotatable bonds is 2. The molecule has 1 aliphatic rings. The predicted octanol–water partition coefficient (Wildman–Crippen LogP) is 4.15. The van der Waals surface area contributed by atoms with Crippen LogP contribution >= 0.6 is 11.6 Å². The first kappa shape index (κ1) is 12.3. The molecule has 90 valence electrons. The Labute approximate surface area is 107 Å². The van der Waals surface area contributed by atoms with Gasteiger partial charge >= 0.3 is 0 Å². The largest absolute Gasteiger partial charge is 0.495 e. The van der Waals surface area contributed by atoms with Crippen LogP contribution in [0, 0.1) is 17.2 Å². The number of nitrogens with zero attached hydrogens (tertiary/aromatic N) is 1. The number of ether oxygens (including phenoxy) is 1. The van der Waals surface area contributed by atoms with Crippen molar-refractivity contribution in [2.75, 3.05) is 7.11 Å². The Morgan fingerprint density at radius 2 is 2.12 bits per heavy atom. The normalized spacial score (nSPS) is 24.1. The van der Waals surface area contributed by atoms with Crippen molar-refractivity contribution in [3.05, 3.63) is 28.8 Å². The highest BCUT2D eigenvalue weighted by atomic mass is 35.5. The van der Waals surface area contributed by atoms with Crippen LogP contribution in [-0.2, 0) is 0 Å². The zero-order chi connectivity index (χ0) is 12.3. The van der Waals surface area contributed by atoms with Crippen molar-refractivity contribution in [3.63, 3.8) is 0 Å². The van der Waals surface area contributed by atoms with E-state index in [1.807, 2.05) is 18.2 Å². The highest BCUT2D eigenvalue weighted by Crippen LogP contribution is 2.39. The molecule has 0 spiro atoms. The number of hydrogen-bond donors (Lipinski definition) is 0. The van der Waals surface area contributed by atoms with Gasteiger partial charge in [-0.05, 0) is 36.5 Å². The summed E-state index contributed by atoms with van der Waals surface area (Å²) in [7, 11) is 1.61. The lowest BCUT2D eigenvalue weighted by molar-refractivity contribution is 0.368. The van der Waals surface area contributed by atoms with Crippen molar-refractivity contribution in [1.29, 1.82) is 5.26 Å². The van der Waals surface area contributed by atoms with Crippen molar-refractivity contribution >= 4 is 11.6 Å². The Bertz CT molecular complexity index is 438. The van der Waals surface area contributed by atoms with Gasteiger partial charge in [0.2, 0.25) is 0 Å². The molecule has 0 N–H and O–H groups in total. The number of nitriles is 1. The second-order valence-corrected chi connectivity index (χ2v) is 4.93. The van der Waals surface area contributed by atoms with Gasteiger partial charge < -0.3 is 4.74 Å². The molecule has 1 aliphatic carbocycles. The third-order valence-corrected chi connectivity index (χ3v) is 3.83. The van der Waals surface area contributed by atoms with Gasteiger partial charge in [0.15, 0.2) is 0 Å². The van der Waals surface area contributed by atoms with Crippen LogP contribution < -0.4 is 4.74 Å². The first-order valence-corrected chi connectivity index (χ1v) is 6.37. The second-order valence-electron chi connectivity index (χ2n) is 4.52. The molecule has 0 saturated heterocycles. The van der Waals surface area contributed by atoms with E-state index in [9.17, 15) is 5.26 Å². The van der Waals surface area contributed by atoms with E-state index in [-0.39, 0.29) is 5.92 Å². The molecule has 0 aromatic heterocycles. The smallest absolute Gasteiger partial charge is 0.137 e. The zero-order valence-corrected chi connectivity index (χ0v) is 10.7. The van der Waals surface area contributed by atoms with Crippen LogP contribution in [0.25, 0.3) is 0 Å². The van der Waals surface area contributed by atoms with E-state index < -0.39 is 0 Å². The zero-order valence-electron chi connectivity index (χ0n) is 9.95. The van der Waals surface area contributed by atoms with E-state index in [4.69, 9.17) is 16.3 Å². The van der Waals surface area contributed by atoms with E-state index in [0.717, 1.165) is 12.8 Å². The van der Waals surface area contributed by atoms with Crippen LogP contribution in [0.1, 0.15) is 37.2 Å². The van der Waals surface area contributed by atoms with Crippen LogP contribution in [0.5, 0.6) is 5.75 Å². The fourth-order valence-electron chi connectivity index (χ4n) is 2.60. The average molecular weight is 250 g/mol. The highest BCUT2D eigenvalue weighted by Gasteiger charge is 2.26. The molecule has 0 aliphatic heterocycles. The summed E-state index contributed by atoms with van der Waals surface area (Å²) in [5, 5.41) is 9.82. The van der Waals surface area contributed by atoms with Gasteiger partial charge in [0.25, 0.3) is 0 Å². The Morgan fingerprint density at radius 1 is 1.35 bits per heavy atom. The Morgan fingerprint density at radius 3 is 2.76 bits per heavy atom. The van der Waals surface area contributed by atoms with Crippen molar-refractivity contribution in [2.45, 2.75) is 31.6 Å². The maximum absolute atomic E-state index is 9.19. The molecule has 17 heavy (non-hydrogen) atoms. The summed E-state index contributed by atoms with van der Waals surface area (Å²) in [4.78, 5) is 0. The fraction of sp³-hybridized carbons (Fsp3) is 0.500. The summed E-state index contributed by atoms with van der Waals surface area (Å²) in [5.41, 5.74) is 1.17. The number of halogens is 1. The summed E-state index contributed by atoms with van der Waals surface area (Å²) in [5.74, 6) is 1.16. The summed E-state index contributed by atoms with van der Waals surface area (Å²) < 4.78 is 5.14. The number of methoxy groups -OCH3 is 1. The topological polar surface area (TPSA) is 33.0 Å².